The minimum absolute atomic E-state index is 0.256. The van der Waals surface area contributed by atoms with Gasteiger partial charge in [0.15, 0.2) is 12.0 Å². The van der Waals surface area contributed by atoms with Crippen LogP contribution in [0.5, 0.6) is 11.5 Å². The van der Waals surface area contributed by atoms with E-state index >= 15 is 0 Å². The van der Waals surface area contributed by atoms with Crippen molar-refractivity contribution in [3.05, 3.63) is 54.5 Å². The molecule has 1 aromatic carbocycles. The zero-order valence-electron chi connectivity index (χ0n) is 11.4. The number of benzene rings is 1. The van der Waals surface area contributed by atoms with Gasteiger partial charge in [0.1, 0.15) is 9.32 Å². The molecule has 1 N–H and O–H groups in total. The van der Waals surface area contributed by atoms with Gasteiger partial charge >= 0.3 is 0 Å². The topological polar surface area (TPSA) is 59.2 Å². The van der Waals surface area contributed by atoms with Gasteiger partial charge in [0.25, 0.3) is 5.56 Å². The van der Waals surface area contributed by atoms with E-state index < -0.39 is 0 Å². The summed E-state index contributed by atoms with van der Waals surface area (Å²) in [6.45, 7) is 5.60. The van der Waals surface area contributed by atoms with Crippen LogP contribution in [0.4, 0.5) is 0 Å². The Morgan fingerprint density at radius 3 is 2.60 bits per heavy atom. The number of H-pyrrole nitrogens is 1. The number of carbonyl (C=O) groups excluding carboxylic acids is 1. The van der Waals surface area contributed by atoms with Gasteiger partial charge in [-0.1, -0.05) is 12.1 Å². The molecule has 0 amide bonds. The first-order chi connectivity index (χ1) is 9.45. The maximum Gasteiger partial charge on any atom is 0.265 e. The van der Waals surface area contributed by atoms with E-state index in [2.05, 4.69) is 4.98 Å². The Morgan fingerprint density at radius 1 is 1.25 bits per heavy atom. The van der Waals surface area contributed by atoms with E-state index in [1.807, 2.05) is 54.6 Å². The quantitative estimate of drug-likeness (QED) is 0.652. The Morgan fingerprint density at radius 2 is 1.95 bits per heavy atom. The van der Waals surface area contributed by atoms with Crippen molar-refractivity contribution in [1.29, 1.82) is 0 Å². The Labute approximate surface area is 130 Å². The number of aromatic amines is 1. The fraction of sp³-hybridized carbons (Fsp3) is 0.200. The lowest BCUT2D eigenvalue weighted by Crippen LogP contribution is -2.15. The van der Waals surface area contributed by atoms with Crippen molar-refractivity contribution in [3.63, 3.8) is 0 Å². The molecular weight excluding hydrogens is 369 g/mol. The van der Waals surface area contributed by atoms with Gasteiger partial charge in [0, 0.05) is 5.69 Å². The molecule has 0 unspecified atom stereocenters. The number of ether oxygens (including phenoxy) is 1. The smallest absolute Gasteiger partial charge is 0.265 e. The van der Waals surface area contributed by atoms with Crippen molar-refractivity contribution < 1.29 is 9.53 Å². The summed E-state index contributed by atoms with van der Waals surface area (Å²) in [4.78, 5) is 25.7. The molecule has 2 aromatic rings. The number of hydrogen-bond acceptors (Lipinski definition) is 3. The Kier molecular flexibility index (Phi) is 4.27. The normalized spacial score (nSPS) is 10.4. The summed E-state index contributed by atoms with van der Waals surface area (Å²) < 4.78 is 6.22. The molecule has 0 aliphatic heterocycles. The average molecular weight is 383 g/mol. The number of hydrogen-bond donors (Lipinski definition) is 1. The van der Waals surface area contributed by atoms with Gasteiger partial charge in [-0.15, -0.1) is 0 Å². The van der Waals surface area contributed by atoms with Gasteiger partial charge in [-0.05, 0) is 60.6 Å². The van der Waals surface area contributed by atoms with Crippen molar-refractivity contribution in [2.24, 2.45) is 0 Å². The second-order valence-electron chi connectivity index (χ2n) is 4.55. The number of aldehydes is 1. The minimum Gasteiger partial charge on any atom is -0.455 e. The Balaban J connectivity index is 2.61. The van der Waals surface area contributed by atoms with E-state index in [0.29, 0.717) is 32.6 Å². The average Bonchev–Trinajstić information content (AvgIpc) is 2.41. The van der Waals surface area contributed by atoms with Crippen LogP contribution in [0.15, 0.2) is 23.0 Å². The molecule has 4 nitrogen and oxygen atoms in total. The van der Waals surface area contributed by atoms with Crippen LogP contribution in [0.2, 0.25) is 0 Å². The Bertz CT molecular complexity index is 735. The third-order valence-electron chi connectivity index (χ3n) is 3.23. The number of aromatic nitrogens is 1. The maximum atomic E-state index is 11.8. The van der Waals surface area contributed by atoms with Gasteiger partial charge < -0.3 is 9.72 Å². The molecule has 0 aliphatic carbocycles. The highest BCUT2D eigenvalue weighted by Crippen LogP contribution is 2.31. The van der Waals surface area contributed by atoms with Crippen LogP contribution in [-0.4, -0.2) is 11.3 Å². The summed E-state index contributed by atoms with van der Waals surface area (Å²) in [5, 5.41) is 0. The highest BCUT2D eigenvalue weighted by molar-refractivity contribution is 14.1. The fourth-order valence-corrected chi connectivity index (χ4v) is 2.41. The lowest BCUT2D eigenvalue weighted by Gasteiger charge is -2.14. The van der Waals surface area contributed by atoms with Crippen molar-refractivity contribution in [1.82, 2.24) is 4.98 Å². The van der Waals surface area contributed by atoms with Crippen LogP contribution >= 0.6 is 22.6 Å². The van der Waals surface area contributed by atoms with Crippen LogP contribution < -0.4 is 10.3 Å². The Hall–Kier alpha value is -1.63. The zero-order chi connectivity index (χ0) is 14.9. The molecule has 5 heteroatoms. The molecule has 1 heterocycles. The largest absolute Gasteiger partial charge is 0.455 e. The first-order valence-corrected chi connectivity index (χ1v) is 7.15. The molecule has 0 aliphatic rings. The monoisotopic (exact) mass is 383 g/mol. The summed E-state index contributed by atoms with van der Waals surface area (Å²) in [5.74, 6) is 0.964. The molecule has 0 fully saturated rings. The zero-order valence-corrected chi connectivity index (χ0v) is 13.6. The number of halogens is 1. The summed E-state index contributed by atoms with van der Waals surface area (Å²) in [7, 11) is 0. The van der Waals surface area contributed by atoms with Crippen LogP contribution in [-0.2, 0) is 0 Å². The fourth-order valence-electron chi connectivity index (χ4n) is 1.87. The van der Waals surface area contributed by atoms with Crippen molar-refractivity contribution in [3.8, 4) is 11.5 Å². The number of aryl methyl sites for hydroxylation is 2. The van der Waals surface area contributed by atoms with Crippen LogP contribution in [0, 0.1) is 24.3 Å². The summed E-state index contributed by atoms with van der Waals surface area (Å²) in [6.07, 6.45) is 0.702. The molecule has 20 heavy (non-hydrogen) atoms. The van der Waals surface area contributed by atoms with Gasteiger partial charge in [-0.2, -0.15) is 0 Å². The van der Waals surface area contributed by atoms with E-state index in [1.165, 1.54) is 0 Å². The first kappa shape index (κ1) is 14.8. The number of pyridine rings is 1. The number of nitrogens with one attached hydrogen (secondary N) is 1. The third-order valence-corrected chi connectivity index (χ3v) is 4.21. The predicted molar refractivity (Wildman–Crippen MR) is 85.9 cm³/mol. The summed E-state index contributed by atoms with van der Waals surface area (Å²) >= 11 is 1.89. The van der Waals surface area contributed by atoms with Crippen LogP contribution in [0.3, 0.4) is 0 Å². The van der Waals surface area contributed by atoms with E-state index in [1.54, 1.807) is 6.92 Å². The van der Waals surface area contributed by atoms with Gasteiger partial charge in [0.2, 0.25) is 0 Å². The van der Waals surface area contributed by atoms with Gasteiger partial charge in [0.05, 0.1) is 5.56 Å². The van der Waals surface area contributed by atoms with Crippen LogP contribution in [0.1, 0.15) is 27.2 Å². The van der Waals surface area contributed by atoms with E-state index in [4.69, 9.17) is 4.74 Å². The minimum atomic E-state index is -0.256. The van der Waals surface area contributed by atoms with Gasteiger partial charge in [-0.3, -0.25) is 9.59 Å². The molecule has 2 rings (SSSR count). The number of rotatable bonds is 3. The second kappa shape index (κ2) is 5.78. The second-order valence-corrected chi connectivity index (χ2v) is 5.63. The van der Waals surface area contributed by atoms with Crippen molar-refractivity contribution in [2.75, 3.05) is 0 Å². The standard InChI is InChI=1S/C15H14INO3/c1-8-5-4-6-12(9(8)2)20-14-11(7-18)10(3)17-15(19)13(14)16/h4-7H,1-3H3,(H,17,19). The molecular formula is C15H14INO3. The molecule has 1 aromatic heterocycles. The third kappa shape index (κ3) is 2.63. The van der Waals surface area contributed by atoms with Crippen LogP contribution in [0.25, 0.3) is 0 Å². The molecule has 0 radical (unpaired) electrons. The first-order valence-electron chi connectivity index (χ1n) is 6.07. The van der Waals surface area contributed by atoms with Gasteiger partial charge in [-0.25, -0.2) is 0 Å². The predicted octanol–water partition coefficient (Wildman–Crippen LogP) is 3.51. The molecule has 0 saturated carbocycles. The highest BCUT2D eigenvalue weighted by Gasteiger charge is 2.16. The summed E-state index contributed by atoms with van der Waals surface area (Å²) in [5.41, 5.74) is 2.69. The van der Waals surface area contributed by atoms with Crippen molar-refractivity contribution >= 4 is 28.9 Å². The molecule has 104 valence electrons. The van der Waals surface area contributed by atoms with Crippen molar-refractivity contribution in [2.45, 2.75) is 20.8 Å². The maximum absolute atomic E-state index is 11.8. The lowest BCUT2D eigenvalue weighted by molar-refractivity contribution is 0.112. The lowest BCUT2D eigenvalue weighted by atomic mass is 10.1. The molecule has 0 spiro atoms. The van der Waals surface area contributed by atoms with E-state index in [0.717, 1.165) is 11.1 Å². The SMILES string of the molecule is Cc1cccc(Oc2c(C=O)c(C)[nH]c(=O)c2I)c1C. The van der Waals surface area contributed by atoms with E-state index in [-0.39, 0.29) is 5.56 Å². The number of carbonyl (C=O) groups is 1. The highest BCUT2D eigenvalue weighted by atomic mass is 127. The molecule has 0 saturated heterocycles. The molecule has 0 bridgehead atoms. The summed E-state index contributed by atoms with van der Waals surface area (Å²) in [6, 6.07) is 5.69. The molecule has 0 atom stereocenters. The van der Waals surface area contributed by atoms with E-state index in [9.17, 15) is 9.59 Å².